The van der Waals surface area contributed by atoms with Crippen molar-refractivity contribution in [3.8, 4) is 0 Å². The predicted molar refractivity (Wildman–Crippen MR) is 158 cm³/mol. The summed E-state index contributed by atoms with van der Waals surface area (Å²) in [7, 11) is 0. The minimum atomic E-state index is -0.785. The molecule has 0 bridgehead atoms. The molecule has 1 rings (SSSR count). The Bertz CT molecular complexity index is 813. The fraction of sp³-hybridized carbons (Fsp3) is 0.700. The molecule has 3 amide bonds. The van der Waals surface area contributed by atoms with Crippen molar-refractivity contribution in [3.63, 3.8) is 0 Å². The van der Waals surface area contributed by atoms with Crippen molar-refractivity contribution < 1.29 is 19.1 Å². The fourth-order valence-electron chi connectivity index (χ4n) is 4.19. The second-order valence-corrected chi connectivity index (χ2v) is 11.7. The van der Waals surface area contributed by atoms with Crippen molar-refractivity contribution in [1.82, 2.24) is 15.5 Å². The third kappa shape index (κ3) is 13.5. The number of thioether (sulfide) groups is 1. The Morgan fingerprint density at radius 2 is 1.58 bits per heavy atom. The molecule has 0 spiro atoms. The van der Waals surface area contributed by atoms with Crippen LogP contribution in [0.15, 0.2) is 30.3 Å². The van der Waals surface area contributed by atoms with E-state index in [4.69, 9.17) is 4.74 Å². The molecule has 8 heteroatoms. The molecule has 0 aliphatic heterocycles. The number of nitrogens with zero attached hydrogens (tertiary/aromatic N) is 1. The van der Waals surface area contributed by atoms with E-state index in [-0.39, 0.29) is 11.8 Å². The number of ether oxygens (including phenoxy) is 1. The van der Waals surface area contributed by atoms with Crippen LogP contribution < -0.4 is 10.6 Å². The molecule has 216 valence electrons. The molecule has 7 nitrogen and oxygen atoms in total. The summed E-state index contributed by atoms with van der Waals surface area (Å²) in [5.41, 5.74) is 0.0875. The second-order valence-electron chi connectivity index (χ2n) is 10.7. The lowest BCUT2D eigenvalue weighted by molar-refractivity contribution is -0.142. The van der Waals surface area contributed by atoms with Crippen LogP contribution in [0.25, 0.3) is 0 Å². The van der Waals surface area contributed by atoms with Crippen LogP contribution in [-0.4, -0.2) is 59.5 Å². The van der Waals surface area contributed by atoms with Crippen LogP contribution in [0.1, 0.15) is 104 Å². The number of alkyl carbamates (subject to hydrolysis) is 1. The van der Waals surface area contributed by atoms with E-state index in [1.54, 1.807) is 37.4 Å². The first kappa shape index (κ1) is 33.8. The lowest BCUT2D eigenvalue weighted by atomic mass is 10.0. The average Bonchev–Trinajstić information content (AvgIpc) is 2.87. The number of carbonyl (C=O) groups excluding carboxylic acids is 3. The van der Waals surface area contributed by atoms with Crippen LogP contribution in [0.4, 0.5) is 4.79 Å². The van der Waals surface area contributed by atoms with Crippen molar-refractivity contribution >= 4 is 29.7 Å². The number of nitrogens with one attached hydrogen (secondary N) is 2. The molecular weight excluding hydrogens is 498 g/mol. The van der Waals surface area contributed by atoms with Gasteiger partial charge < -0.3 is 20.3 Å². The summed E-state index contributed by atoms with van der Waals surface area (Å²) in [6, 6.07) is 7.92. The van der Waals surface area contributed by atoms with E-state index >= 15 is 0 Å². The Balaban J connectivity index is 3.31. The highest BCUT2D eigenvalue weighted by Crippen LogP contribution is 2.24. The van der Waals surface area contributed by atoms with Gasteiger partial charge in [0.25, 0.3) is 0 Å². The van der Waals surface area contributed by atoms with Crippen molar-refractivity contribution in [3.05, 3.63) is 35.9 Å². The minimum Gasteiger partial charge on any atom is -0.444 e. The van der Waals surface area contributed by atoms with Gasteiger partial charge >= 0.3 is 6.09 Å². The number of hydrogen-bond donors (Lipinski definition) is 2. The number of rotatable bonds is 18. The van der Waals surface area contributed by atoms with Crippen LogP contribution in [0, 0.1) is 0 Å². The predicted octanol–water partition coefficient (Wildman–Crippen LogP) is 6.48. The molecule has 0 saturated carbocycles. The van der Waals surface area contributed by atoms with Crippen LogP contribution in [0.5, 0.6) is 0 Å². The maximum Gasteiger partial charge on any atom is 0.408 e. The molecule has 2 atom stereocenters. The van der Waals surface area contributed by atoms with Gasteiger partial charge in [0.15, 0.2) is 0 Å². The standard InChI is InChI=1S/C30H51N3O4S/c1-7-9-11-12-17-22-33(28(35)25(20-23-38-6)32-29(36)37-30(3,4)5)26(24-18-14-13-15-19-24)27(34)31-21-16-10-8-2/h13-15,18-19,25-26H,7-12,16-17,20-23H2,1-6H3,(H,31,34)(H,32,36). The summed E-state index contributed by atoms with van der Waals surface area (Å²) in [6.07, 6.45) is 9.92. The van der Waals surface area contributed by atoms with Gasteiger partial charge in [-0.15, -0.1) is 0 Å². The second kappa shape index (κ2) is 18.9. The highest BCUT2D eigenvalue weighted by molar-refractivity contribution is 7.98. The van der Waals surface area contributed by atoms with Crippen LogP contribution in [0.3, 0.4) is 0 Å². The third-order valence-electron chi connectivity index (χ3n) is 6.14. The highest BCUT2D eigenvalue weighted by atomic mass is 32.2. The van der Waals surface area contributed by atoms with Crippen molar-refractivity contribution in [2.45, 2.75) is 110 Å². The summed E-state index contributed by atoms with van der Waals surface area (Å²) in [5, 5.41) is 5.87. The number of carbonyl (C=O) groups is 3. The zero-order chi connectivity index (χ0) is 28.4. The number of benzene rings is 1. The van der Waals surface area contributed by atoms with Gasteiger partial charge in [-0.25, -0.2) is 4.79 Å². The van der Waals surface area contributed by atoms with E-state index in [1.807, 2.05) is 36.6 Å². The summed E-state index contributed by atoms with van der Waals surface area (Å²) in [5.74, 6) is 0.253. The molecule has 1 aromatic carbocycles. The van der Waals surface area contributed by atoms with Gasteiger partial charge in [-0.05, 0) is 57.6 Å². The van der Waals surface area contributed by atoms with E-state index in [9.17, 15) is 14.4 Å². The molecular formula is C30H51N3O4S. The zero-order valence-electron chi connectivity index (χ0n) is 24.5. The summed E-state index contributed by atoms with van der Waals surface area (Å²) >= 11 is 1.61. The number of unbranched alkanes of at least 4 members (excludes halogenated alkanes) is 6. The van der Waals surface area contributed by atoms with Gasteiger partial charge in [-0.1, -0.05) is 82.7 Å². The van der Waals surface area contributed by atoms with Crippen LogP contribution in [-0.2, 0) is 14.3 Å². The smallest absolute Gasteiger partial charge is 0.408 e. The fourth-order valence-corrected chi connectivity index (χ4v) is 4.66. The van der Waals surface area contributed by atoms with E-state index in [0.717, 1.165) is 56.9 Å². The van der Waals surface area contributed by atoms with E-state index < -0.39 is 23.8 Å². The normalized spacial score (nSPS) is 12.9. The maximum absolute atomic E-state index is 14.1. The van der Waals surface area contributed by atoms with Crippen molar-refractivity contribution in [1.29, 1.82) is 0 Å². The van der Waals surface area contributed by atoms with E-state index in [1.165, 1.54) is 0 Å². The largest absolute Gasteiger partial charge is 0.444 e. The summed E-state index contributed by atoms with van der Waals surface area (Å²) in [4.78, 5) is 42.1. The maximum atomic E-state index is 14.1. The average molecular weight is 550 g/mol. The van der Waals surface area contributed by atoms with E-state index in [2.05, 4.69) is 24.5 Å². The molecule has 0 saturated heterocycles. The number of hydrogen-bond acceptors (Lipinski definition) is 5. The van der Waals surface area contributed by atoms with Crippen molar-refractivity contribution in [2.24, 2.45) is 0 Å². The number of amides is 3. The lowest BCUT2D eigenvalue weighted by Crippen LogP contribution is -2.53. The Hall–Kier alpha value is -2.22. The molecule has 38 heavy (non-hydrogen) atoms. The molecule has 2 unspecified atom stereocenters. The lowest BCUT2D eigenvalue weighted by Gasteiger charge is -2.34. The molecule has 0 fully saturated rings. The van der Waals surface area contributed by atoms with Gasteiger partial charge in [0.1, 0.15) is 17.7 Å². The Kier molecular flexibility index (Phi) is 16.8. The first-order valence-corrected chi connectivity index (χ1v) is 15.7. The molecule has 0 aliphatic carbocycles. The molecule has 0 heterocycles. The topological polar surface area (TPSA) is 87.7 Å². The van der Waals surface area contributed by atoms with Gasteiger partial charge in [-0.3, -0.25) is 9.59 Å². The SMILES string of the molecule is CCCCCCCN(C(=O)C(CCSC)NC(=O)OC(C)(C)C)C(C(=O)NCCCCC)c1ccccc1. The molecule has 0 radical (unpaired) electrons. The Morgan fingerprint density at radius 3 is 2.18 bits per heavy atom. The monoisotopic (exact) mass is 549 g/mol. The molecule has 0 aliphatic rings. The van der Waals surface area contributed by atoms with E-state index in [0.29, 0.717) is 25.3 Å². The summed E-state index contributed by atoms with van der Waals surface area (Å²) in [6.45, 7) is 10.7. The van der Waals surface area contributed by atoms with Crippen LogP contribution in [0.2, 0.25) is 0 Å². The van der Waals surface area contributed by atoms with Gasteiger partial charge in [0.2, 0.25) is 11.8 Å². The van der Waals surface area contributed by atoms with Gasteiger partial charge in [0, 0.05) is 13.1 Å². The highest BCUT2D eigenvalue weighted by Gasteiger charge is 2.35. The summed E-state index contributed by atoms with van der Waals surface area (Å²) < 4.78 is 5.47. The minimum absolute atomic E-state index is 0.185. The van der Waals surface area contributed by atoms with Gasteiger partial charge in [0.05, 0.1) is 0 Å². The molecule has 0 aromatic heterocycles. The quantitative estimate of drug-likeness (QED) is 0.205. The first-order valence-electron chi connectivity index (χ1n) is 14.3. The Morgan fingerprint density at radius 1 is 0.947 bits per heavy atom. The third-order valence-corrected chi connectivity index (χ3v) is 6.78. The van der Waals surface area contributed by atoms with Crippen molar-refractivity contribution in [2.75, 3.05) is 25.1 Å². The molecule has 2 N–H and O–H groups in total. The zero-order valence-corrected chi connectivity index (χ0v) is 25.3. The Labute approximate surface area is 235 Å². The molecule has 1 aromatic rings. The van der Waals surface area contributed by atoms with Gasteiger partial charge in [-0.2, -0.15) is 11.8 Å². The van der Waals surface area contributed by atoms with Crippen LogP contribution >= 0.6 is 11.8 Å². The first-order chi connectivity index (χ1) is 18.1.